The van der Waals surface area contributed by atoms with Crippen molar-refractivity contribution in [3.05, 3.63) is 30.1 Å². The molecule has 1 unspecified atom stereocenters. The summed E-state index contributed by atoms with van der Waals surface area (Å²) in [5.74, 6) is 0.566. The molecule has 1 aromatic carbocycles. The number of thioether (sulfide) groups is 1. The van der Waals surface area contributed by atoms with Gasteiger partial charge in [-0.15, -0.1) is 11.8 Å². The van der Waals surface area contributed by atoms with Crippen molar-refractivity contribution in [1.29, 1.82) is 5.26 Å². The third-order valence-electron chi connectivity index (χ3n) is 2.52. The van der Waals surface area contributed by atoms with E-state index >= 15 is 0 Å². The number of nitrogens with zero attached hydrogens (tertiary/aromatic N) is 1. The first-order chi connectivity index (χ1) is 8.45. The van der Waals surface area contributed by atoms with Crippen LogP contribution in [-0.2, 0) is 0 Å². The molecule has 0 aliphatic heterocycles. The van der Waals surface area contributed by atoms with Gasteiger partial charge < -0.3 is 0 Å². The highest BCUT2D eigenvalue weighted by Crippen LogP contribution is 2.22. The van der Waals surface area contributed by atoms with Crippen LogP contribution in [0.2, 0.25) is 0 Å². The predicted octanol–water partition coefficient (Wildman–Crippen LogP) is 3.59. The average Bonchev–Trinajstić information content (AvgIpc) is 2.28. The predicted molar refractivity (Wildman–Crippen MR) is 74.0 cm³/mol. The fourth-order valence-electron chi connectivity index (χ4n) is 1.73. The average molecular weight is 266 g/mol. The normalized spacial score (nSPS) is 14.2. The van der Waals surface area contributed by atoms with Crippen molar-refractivity contribution in [3.63, 3.8) is 0 Å². The molecule has 0 aliphatic rings. The van der Waals surface area contributed by atoms with Crippen molar-refractivity contribution >= 4 is 11.8 Å². The molecule has 1 N–H and O–H groups in total. The second-order valence-corrected chi connectivity index (χ2v) is 5.97. The molecular weight excluding hydrogens is 247 g/mol. The van der Waals surface area contributed by atoms with Crippen LogP contribution in [0.3, 0.4) is 0 Å². The zero-order valence-electron chi connectivity index (χ0n) is 11.0. The van der Waals surface area contributed by atoms with Crippen LogP contribution in [0.4, 0.5) is 4.39 Å². The quantitative estimate of drug-likeness (QED) is 0.799. The molecule has 18 heavy (non-hydrogen) atoms. The zero-order chi connectivity index (χ0) is 13.6. The number of rotatable bonds is 6. The summed E-state index contributed by atoms with van der Waals surface area (Å²) in [6.07, 6.45) is 0.725. The van der Waals surface area contributed by atoms with Gasteiger partial charge >= 0.3 is 0 Å². The van der Waals surface area contributed by atoms with Gasteiger partial charge in [-0.2, -0.15) is 5.26 Å². The van der Waals surface area contributed by atoms with E-state index in [0.717, 1.165) is 17.1 Å². The van der Waals surface area contributed by atoms with Crippen molar-refractivity contribution < 1.29 is 4.39 Å². The molecule has 2 nitrogen and oxygen atoms in total. The topological polar surface area (TPSA) is 35.8 Å². The van der Waals surface area contributed by atoms with E-state index in [-0.39, 0.29) is 11.9 Å². The molecule has 1 atom stereocenters. The van der Waals surface area contributed by atoms with Crippen molar-refractivity contribution in [3.8, 4) is 6.07 Å². The molecule has 0 fully saturated rings. The Labute approximate surface area is 113 Å². The summed E-state index contributed by atoms with van der Waals surface area (Å²) in [6.45, 7) is 5.95. The van der Waals surface area contributed by atoms with Crippen LogP contribution in [0.1, 0.15) is 27.2 Å². The molecule has 0 saturated carbocycles. The van der Waals surface area contributed by atoms with Gasteiger partial charge in [-0.05, 0) is 45.4 Å². The molecule has 0 bridgehead atoms. The molecule has 0 heterocycles. The van der Waals surface area contributed by atoms with Crippen molar-refractivity contribution in [2.45, 2.75) is 43.7 Å². The summed E-state index contributed by atoms with van der Waals surface area (Å²) in [6, 6.07) is 9.12. The Balaban J connectivity index is 2.47. The SMILES string of the molecule is CC(C)NC(C)(C#N)CCSc1cccc(F)c1. The fourth-order valence-corrected chi connectivity index (χ4v) is 2.84. The maximum atomic E-state index is 13.0. The lowest BCUT2D eigenvalue weighted by atomic mass is 10.0. The molecule has 4 heteroatoms. The first kappa shape index (κ1) is 15.0. The first-order valence-electron chi connectivity index (χ1n) is 6.02. The third kappa shape index (κ3) is 5.07. The smallest absolute Gasteiger partial charge is 0.124 e. The number of benzene rings is 1. The van der Waals surface area contributed by atoms with E-state index in [1.54, 1.807) is 17.8 Å². The monoisotopic (exact) mass is 266 g/mol. The molecule has 1 aromatic rings. The van der Waals surface area contributed by atoms with Gasteiger partial charge in [0.2, 0.25) is 0 Å². The van der Waals surface area contributed by atoms with E-state index in [9.17, 15) is 9.65 Å². The molecule has 0 amide bonds. The molecule has 0 radical (unpaired) electrons. The lowest BCUT2D eigenvalue weighted by Gasteiger charge is -2.25. The lowest BCUT2D eigenvalue weighted by Crippen LogP contribution is -2.45. The van der Waals surface area contributed by atoms with E-state index < -0.39 is 5.54 Å². The van der Waals surface area contributed by atoms with Gasteiger partial charge in [0.25, 0.3) is 0 Å². The number of halogens is 1. The van der Waals surface area contributed by atoms with Gasteiger partial charge in [-0.25, -0.2) is 4.39 Å². The summed E-state index contributed by atoms with van der Waals surface area (Å²) in [5.41, 5.74) is -0.519. The van der Waals surface area contributed by atoms with E-state index in [4.69, 9.17) is 0 Å². The number of hydrogen-bond acceptors (Lipinski definition) is 3. The minimum absolute atomic E-state index is 0.219. The Bertz CT molecular complexity index is 428. The minimum atomic E-state index is -0.519. The summed E-state index contributed by atoms with van der Waals surface area (Å²) in [4.78, 5) is 0.903. The van der Waals surface area contributed by atoms with Gasteiger partial charge in [0.15, 0.2) is 0 Å². The van der Waals surface area contributed by atoms with Crippen LogP contribution in [-0.4, -0.2) is 17.3 Å². The second kappa shape index (κ2) is 6.77. The largest absolute Gasteiger partial charge is 0.297 e. The number of nitriles is 1. The van der Waals surface area contributed by atoms with Gasteiger partial charge in [-0.1, -0.05) is 6.07 Å². The van der Waals surface area contributed by atoms with Gasteiger partial charge in [-0.3, -0.25) is 5.32 Å². The van der Waals surface area contributed by atoms with Crippen LogP contribution in [0.5, 0.6) is 0 Å². The van der Waals surface area contributed by atoms with Crippen LogP contribution in [0.15, 0.2) is 29.2 Å². The number of hydrogen-bond donors (Lipinski definition) is 1. The Morgan fingerprint density at radius 2 is 2.22 bits per heavy atom. The minimum Gasteiger partial charge on any atom is -0.297 e. The molecule has 0 spiro atoms. The summed E-state index contributed by atoms with van der Waals surface area (Å²) < 4.78 is 13.0. The Hall–Kier alpha value is -1.05. The van der Waals surface area contributed by atoms with E-state index in [0.29, 0.717) is 0 Å². The first-order valence-corrected chi connectivity index (χ1v) is 7.01. The molecule has 1 rings (SSSR count). The maximum Gasteiger partial charge on any atom is 0.124 e. The third-order valence-corrected chi connectivity index (χ3v) is 3.52. The maximum absolute atomic E-state index is 13.0. The van der Waals surface area contributed by atoms with E-state index in [1.807, 2.05) is 26.8 Å². The van der Waals surface area contributed by atoms with Crippen molar-refractivity contribution in [1.82, 2.24) is 5.32 Å². The highest BCUT2D eigenvalue weighted by Gasteiger charge is 2.23. The summed E-state index contributed by atoms with van der Waals surface area (Å²) >= 11 is 1.57. The van der Waals surface area contributed by atoms with Crippen molar-refractivity contribution in [2.75, 3.05) is 5.75 Å². The molecule has 0 aromatic heterocycles. The molecule has 98 valence electrons. The van der Waals surface area contributed by atoms with Crippen molar-refractivity contribution in [2.24, 2.45) is 0 Å². The Morgan fingerprint density at radius 3 is 2.78 bits per heavy atom. The lowest BCUT2D eigenvalue weighted by molar-refractivity contribution is 0.397. The highest BCUT2D eigenvalue weighted by molar-refractivity contribution is 7.99. The van der Waals surface area contributed by atoms with Gasteiger partial charge in [0.1, 0.15) is 11.4 Å². The molecule has 0 saturated heterocycles. The molecular formula is C14H19FN2S. The summed E-state index contributed by atoms with van der Waals surface area (Å²) in [7, 11) is 0. The van der Waals surface area contributed by atoms with E-state index in [1.165, 1.54) is 12.1 Å². The van der Waals surface area contributed by atoms with Crippen LogP contribution in [0.25, 0.3) is 0 Å². The Morgan fingerprint density at radius 1 is 1.50 bits per heavy atom. The number of nitrogens with one attached hydrogen (secondary N) is 1. The van der Waals surface area contributed by atoms with E-state index in [2.05, 4.69) is 11.4 Å². The fraction of sp³-hybridized carbons (Fsp3) is 0.500. The molecule has 0 aliphatic carbocycles. The zero-order valence-corrected chi connectivity index (χ0v) is 11.9. The highest BCUT2D eigenvalue weighted by atomic mass is 32.2. The summed E-state index contributed by atoms with van der Waals surface area (Å²) in [5, 5.41) is 12.4. The van der Waals surface area contributed by atoms with Gasteiger partial charge in [0, 0.05) is 16.7 Å². The Kier molecular flexibility index (Phi) is 5.64. The van der Waals surface area contributed by atoms with Gasteiger partial charge in [0.05, 0.1) is 6.07 Å². The van der Waals surface area contributed by atoms with Crippen LogP contribution in [0, 0.1) is 17.1 Å². The van der Waals surface area contributed by atoms with Crippen LogP contribution >= 0.6 is 11.8 Å². The second-order valence-electron chi connectivity index (χ2n) is 4.80. The standard InChI is InChI=1S/C14H19FN2S/c1-11(2)17-14(3,10-16)7-8-18-13-6-4-5-12(15)9-13/h4-6,9,11,17H,7-8H2,1-3H3. The van der Waals surface area contributed by atoms with Crippen LogP contribution < -0.4 is 5.32 Å².